The van der Waals surface area contributed by atoms with Crippen LogP contribution in [0.3, 0.4) is 0 Å². The van der Waals surface area contributed by atoms with Crippen LogP contribution < -0.4 is 10.6 Å². The van der Waals surface area contributed by atoms with Crippen LogP contribution in [0.5, 0.6) is 0 Å². The smallest absolute Gasteiger partial charge is 0.249 e. The highest BCUT2D eigenvalue weighted by atomic mass is 16.1. The van der Waals surface area contributed by atoms with Gasteiger partial charge in [-0.05, 0) is 43.3 Å². The van der Waals surface area contributed by atoms with E-state index in [4.69, 9.17) is 5.26 Å². The summed E-state index contributed by atoms with van der Waals surface area (Å²) in [7, 11) is 0. The summed E-state index contributed by atoms with van der Waals surface area (Å²) in [4.78, 5) is 15.8. The van der Waals surface area contributed by atoms with Crippen molar-refractivity contribution in [3.05, 3.63) is 65.9 Å². The van der Waals surface area contributed by atoms with Crippen LogP contribution in [0.1, 0.15) is 22.8 Å². The standard InChI is InChI=1S/C18H14N6O/c1-12(25)14-3-2-4-16(9-14)22-18-23-17(11-20-24-18)21-15-7-5-13(10-19)6-8-15/h2-9,11H,1H3,(H2,21,22,23,24). The van der Waals surface area contributed by atoms with Crippen LogP contribution in [0.4, 0.5) is 23.1 Å². The van der Waals surface area contributed by atoms with Crippen molar-refractivity contribution >= 4 is 28.9 Å². The van der Waals surface area contributed by atoms with Gasteiger partial charge in [-0.2, -0.15) is 15.3 Å². The summed E-state index contributed by atoms with van der Waals surface area (Å²) in [6, 6.07) is 16.1. The fraction of sp³-hybridized carbons (Fsp3) is 0.0556. The number of nitrogens with zero attached hydrogens (tertiary/aromatic N) is 4. The number of nitriles is 1. The van der Waals surface area contributed by atoms with Crippen LogP contribution in [-0.2, 0) is 0 Å². The Kier molecular flexibility index (Phi) is 4.62. The number of carbonyl (C=O) groups excluding carboxylic acids is 1. The second kappa shape index (κ2) is 7.19. The minimum Gasteiger partial charge on any atom is -0.339 e. The van der Waals surface area contributed by atoms with Gasteiger partial charge < -0.3 is 10.6 Å². The van der Waals surface area contributed by atoms with E-state index in [-0.39, 0.29) is 5.78 Å². The second-order valence-electron chi connectivity index (χ2n) is 5.24. The number of hydrogen-bond donors (Lipinski definition) is 2. The van der Waals surface area contributed by atoms with Crippen molar-refractivity contribution in [1.82, 2.24) is 15.2 Å². The van der Waals surface area contributed by atoms with Crippen molar-refractivity contribution in [3.8, 4) is 6.07 Å². The molecule has 0 fully saturated rings. The molecule has 0 saturated carbocycles. The number of nitrogens with one attached hydrogen (secondary N) is 2. The molecular weight excluding hydrogens is 316 g/mol. The highest BCUT2D eigenvalue weighted by Crippen LogP contribution is 2.18. The lowest BCUT2D eigenvalue weighted by Crippen LogP contribution is -2.03. The van der Waals surface area contributed by atoms with Gasteiger partial charge in [-0.25, -0.2) is 0 Å². The van der Waals surface area contributed by atoms with Crippen molar-refractivity contribution in [3.63, 3.8) is 0 Å². The molecule has 0 aliphatic heterocycles. The zero-order valence-electron chi connectivity index (χ0n) is 13.4. The normalized spacial score (nSPS) is 9.92. The van der Waals surface area contributed by atoms with Crippen molar-refractivity contribution in [2.24, 2.45) is 0 Å². The lowest BCUT2D eigenvalue weighted by molar-refractivity contribution is 0.101. The topological polar surface area (TPSA) is 104 Å². The number of ketones is 1. The van der Waals surface area contributed by atoms with Crippen LogP contribution in [-0.4, -0.2) is 21.0 Å². The van der Waals surface area contributed by atoms with Gasteiger partial charge >= 0.3 is 0 Å². The first-order valence-electron chi connectivity index (χ1n) is 7.49. The van der Waals surface area contributed by atoms with Crippen molar-refractivity contribution in [1.29, 1.82) is 5.26 Å². The Labute approximate surface area is 144 Å². The number of Topliss-reactive ketones (excluding diaryl/α,β-unsaturated/α-hetero) is 1. The third-order valence-corrected chi connectivity index (χ3v) is 3.37. The molecule has 0 aliphatic rings. The highest BCUT2D eigenvalue weighted by molar-refractivity contribution is 5.95. The molecule has 0 unspecified atom stereocenters. The van der Waals surface area contributed by atoms with E-state index in [1.165, 1.54) is 13.1 Å². The van der Waals surface area contributed by atoms with Crippen molar-refractivity contribution in [2.75, 3.05) is 10.6 Å². The zero-order valence-corrected chi connectivity index (χ0v) is 13.4. The molecule has 25 heavy (non-hydrogen) atoms. The van der Waals surface area contributed by atoms with Gasteiger partial charge in [0.2, 0.25) is 5.95 Å². The second-order valence-corrected chi connectivity index (χ2v) is 5.24. The molecule has 3 aromatic rings. The van der Waals surface area contributed by atoms with E-state index in [1.807, 2.05) is 6.07 Å². The first-order chi connectivity index (χ1) is 12.1. The van der Waals surface area contributed by atoms with E-state index < -0.39 is 0 Å². The first kappa shape index (κ1) is 16.1. The molecule has 1 aromatic heterocycles. The minimum atomic E-state index is -0.0149. The number of aromatic nitrogens is 3. The van der Waals surface area contributed by atoms with Gasteiger partial charge in [0.25, 0.3) is 0 Å². The minimum absolute atomic E-state index is 0.0149. The lowest BCUT2D eigenvalue weighted by atomic mass is 10.1. The molecule has 3 rings (SSSR count). The van der Waals surface area contributed by atoms with E-state index in [1.54, 1.807) is 42.5 Å². The van der Waals surface area contributed by atoms with Crippen molar-refractivity contribution in [2.45, 2.75) is 6.92 Å². The van der Waals surface area contributed by atoms with E-state index >= 15 is 0 Å². The van der Waals surface area contributed by atoms with E-state index in [0.29, 0.717) is 28.6 Å². The zero-order chi connectivity index (χ0) is 17.6. The quantitative estimate of drug-likeness (QED) is 0.691. The van der Waals surface area contributed by atoms with Gasteiger partial charge in [-0.15, -0.1) is 5.10 Å². The molecule has 0 bridgehead atoms. The predicted molar refractivity (Wildman–Crippen MR) is 94.0 cm³/mol. The monoisotopic (exact) mass is 330 g/mol. The fourth-order valence-electron chi connectivity index (χ4n) is 2.14. The number of benzene rings is 2. The molecule has 0 amide bonds. The third-order valence-electron chi connectivity index (χ3n) is 3.37. The Balaban J connectivity index is 1.76. The average molecular weight is 330 g/mol. The SMILES string of the molecule is CC(=O)c1cccc(Nc2nncc(Nc3ccc(C#N)cc3)n2)c1. The molecule has 122 valence electrons. The van der Waals surface area contributed by atoms with E-state index in [9.17, 15) is 4.79 Å². The van der Waals surface area contributed by atoms with Crippen LogP contribution in [0.15, 0.2) is 54.7 Å². The number of carbonyl (C=O) groups is 1. The summed E-state index contributed by atoms with van der Waals surface area (Å²) < 4.78 is 0. The number of rotatable bonds is 5. The summed E-state index contributed by atoms with van der Waals surface area (Å²) in [5.74, 6) is 0.795. The maximum atomic E-state index is 11.5. The Morgan fingerprint density at radius 1 is 1.08 bits per heavy atom. The van der Waals surface area contributed by atoms with Gasteiger partial charge in [0.1, 0.15) is 0 Å². The largest absolute Gasteiger partial charge is 0.339 e. The van der Waals surface area contributed by atoms with Gasteiger partial charge in [-0.1, -0.05) is 12.1 Å². The number of anilines is 4. The molecule has 0 atom stereocenters. The predicted octanol–water partition coefficient (Wildman–Crippen LogP) is 3.43. The molecule has 0 radical (unpaired) electrons. The molecule has 2 N–H and O–H groups in total. The molecule has 7 heteroatoms. The molecular formula is C18H14N6O. The maximum Gasteiger partial charge on any atom is 0.249 e. The van der Waals surface area contributed by atoms with E-state index in [2.05, 4.69) is 31.9 Å². The number of hydrogen-bond acceptors (Lipinski definition) is 7. The average Bonchev–Trinajstić information content (AvgIpc) is 2.63. The Morgan fingerprint density at radius 2 is 1.88 bits per heavy atom. The summed E-state index contributed by atoms with van der Waals surface area (Å²) in [5, 5.41) is 22.8. The molecule has 7 nitrogen and oxygen atoms in total. The molecule has 0 spiro atoms. The van der Waals surface area contributed by atoms with Crippen LogP contribution in [0, 0.1) is 11.3 Å². The van der Waals surface area contributed by atoms with Gasteiger partial charge in [0.05, 0.1) is 17.8 Å². The van der Waals surface area contributed by atoms with Gasteiger partial charge in [-0.3, -0.25) is 4.79 Å². The Bertz CT molecular complexity index is 946. The Morgan fingerprint density at radius 3 is 2.60 bits per heavy atom. The van der Waals surface area contributed by atoms with Gasteiger partial charge in [0.15, 0.2) is 11.6 Å². The molecule has 0 saturated heterocycles. The molecule has 1 heterocycles. The highest BCUT2D eigenvalue weighted by Gasteiger charge is 2.04. The lowest BCUT2D eigenvalue weighted by Gasteiger charge is -2.08. The Hall–Kier alpha value is -3.79. The summed E-state index contributed by atoms with van der Waals surface area (Å²) in [6.07, 6.45) is 1.50. The van der Waals surface area contributed by atoms with Crippen molar-refractivity contribution < 1.29 is 4.79 Å². The molecule has 0 aliphatic carbocycles. The van der Waals surface area contributed by atoms with Crippen LogP contribution in [0.2, 0.25) is 0 Å². The fourth-order valence-corrected chi connectivity index (χ4v) is 2.14. The summed E-state index contributed by atoms with van der Waals surface area (Å²) in [6.45, 7) is 1.51. The van der Waals surface area contributed by atoms with Gasteiger partial charge in [0, 0.05) is 16.9 Å². The molecule has 2 aromatic carbocycles. The third kappa shape index (κ3) is 4.14. The summed E-state index contributed by atoms with van der Waals surface area (Å²) >= 11 is 0. The van der Waals surface area contributed by atoms with Crippen LogP contribution >= 0.6 is 0 Å². The van der Waals surface area contributed by atoms with E-state index in [0.717, 1.165) is 5.69 Å². The maximum absolute atomic E-state index is 11.5. The first-order valence-corrected chi connectivity index (χ1v) is 7.49. The summed E-state index contributed by atoms with van der Waals surface area (Å²) in [5.41, 5.74) is 2.66. The van der Waals surface area contributed by atoms with Crippen LogP contribution in [0.25, 0.3) is 0 Å².